The second-order valence-electron chi connectivity index (χ2n) is 5.36. The fourth-order valence-corrected chi connectivity index (χ4v) is 2.42. The van der Waals surface area contributed by atoms with Crippen LogP contribution in [-0.4, -0.2) is 16.3 Å². The van der Waals surface area contributed by atoms with E-state index in [1.807, 2.05) is 19.1 Å². The van der Waals surface area contributed by atoms with Crippen LogP contribution in [-0.2, 0) is 6.54 Å². The molecule has 4 heteroatoms. The second-order valence-corrected chi connectivity index (χ2v) is 5.36. The van der Waals surface area contributed by atoms with Gasteiger partial charge in [0.1, 0.15) is 0 Å². The zero-order valence-corrected chi connectivity index (χ0v) is 13.0. The summed E-state index contributed by atoms with van der Waals surface area (Å²) in [5.74, 6) is 0. The Balaban J connectivity index is 2.30. The Bertz CT molecular complexity index is 648. The monoisotopic (exact) mass is 285 g/mol. The highest BCUT2D eigenvalue weighted by atomic mass is 16.1. The number of aryl methyl sites for hydroxylation is 2. The lowest BCUT2D eigenvalue weighted by Gasteiger charge is -2.21. The quantitative estimate of drug-likeness (QED) is 0.887. The molecule has 0 amide bonds. The Morgan fingerprint density at radius 2 is 1.95 bits per heavy atom. The maximum Gasteiger partial charge on any atom is 0.266 e. The summed E-state index contributed by atoms with van der Waals surface area (Å²) in [5, 5.41) is 7.86. The van der Waals surface area contributed by atoms with Gasteiger partial charge in [0.25, 0.3) is 5.56 Å². The largest absolute Gasteiger partial charge is 0.308 e. The number of benzene rings is 1. The SMILES string of the molecule is CCCNC(Cn1nc(C)ccc1=O)c1ccccc1C. The summed E-state index contributed by atoms with van der Waals surface area (Å²) in [7, 11) is 0. The van der Waals surface area contributed by atoms with Crippen LogP contribution >= 0.6 is 0 Å². The summed E-state index contributed by atoms with van der Waals surface area (Å²) < 4.78 is 1.55. The molecule has 0 fully saturated rings. The van der Waals surface area contributed by atoms with E-state index in [1.165, 1.54) is 11.1 Å². The lowest BCUT2D eigenvalue weighted by Crippen LogP contribution is -2.32. The van der Waals surface area contributed by atoms with Gasteiger partial charge in [-0.15, -0.1) is 0 Å². The van der Waals surface area contributed by atoms with Gasteiger partial charge in [-0.1, -0.05) is 31.2 Å². The van der Waals surface area contributed by atoms with Gasteiger partial charge in [-0.2, -0.15) is 5.10 Å². The number of hydrogen-bond donors (Lipinski definition) is 1. The molecule has 4 nitrogen and oxygen atoms in total. The van der Waals surface area contributed by atoms with Crippen molar-refractivity contribution in [2.45, 2.75) is 39.8 Å². The van der Waals surface area contributed by atoms with Crippen LogP contribution in [0.2, 0.25) is 0 Å². The van der Waals surface area contributed by atoms with Gasteiger partial charge in [0.05, 0.1) is 18.3 Å². The molecule has 1 atom stereocenters. The molecule has 0 spiro atoms. The second kappa shape index (κ2) is 7.18. The van der Waals surface area contributed by atoms with E-state index in [1.54, 1.807) is 16.8 Å². The predicted octanol–water partition coefficient (Wildman–Crippen LogP) is 2.60. The number of nitrogens with zero attached hydrogens (tertiary/aromatic N) is 2. The summed E-state index contributed by atoms with van der Waals surface area (Å²) in [6, 6.07) is 11.7. The van der Waals surface area contributed by atoms with E-state index in [-0.39, 0.29) is 11.6 Å². The topological polar surface area (TPSA) is 46.9 Å². The number of rotatable bonds is 6. The van der Waals surface area contributed by atoms with Crippen molar-refractivity contribution in [2.75, 3.05) is 6.54 Å². The van der Waals surface area contributed by atoms with E-state index in [4.69, 9.17) is 0 Å². The van der Waals surface area contributed by atoms with Crippen molar-refractivity contribution in [2.24, 2.45) is 0 Å². The lowest BCUT2D eigenvalue weighted by atomic mass is 10.0. The lowest BCUT2D eigenvalue weighted by molar-refractivity contribution is 0.423. The average molecular weight is 285 g/mol. The van der Waals surface area contributed by atoms with E-state index in [0.717, 1.165) is 18.7 Å². The first kappa shape index (κ1) is 15.4. The summed E-state index contributed by atoms with van der Waals surface area (Å²) >= 11 is 0. The summed E-state index contributed by atoms with van der Waals surface area (Å²) in [4.78, 5) is 12.0. The molecule has 0 radical (unpaired) electrons. The highest BCUT2D eigenvalue weighted by molar-refractivity contribution is 5.28. The molecule has 1 aromatic heterocycles. The van der Waals surface area contributed by atoms with Crippen molar-refractivity contribution in [3.8, 4) is 0 Å². The third kappa shape index (κ3) is 4.02. The van der Waals surface area contributed by atoms with E-state index >= 15 is 0 Å². The van der Waals surface area contributed by atoms with Crippen LogP contribution < -0.4 is 10.9 Å². The first-order valence-electron chi connectivity index (χ1n) is 7.45. The van der Waals surface area contributed by atoms with Crippen molar-refractivity contribution in [1.82, 2.24) is 15.1 Å². The van der Waals surface area contributed by atoms with E-state index in [9.17, 15) is 4.79 Å². The van der Waals surface area contributed by atoms with Gasteiger partial charge >= 0.3 is 0 Å². The number of hydrogen-bond acceptors (Lipinski definition) is 3. The van der Waals surface area contributed by atoms with Crippen LogP contribution in [0.15, 0.2) is 41.2 Å². The molecule has 2 aromatic rings. The molecule has 1 aromatic carbocycles. The molecule has 0 saturated heterocycles. The molecular weight excluding hydrogens is 262 g/mol. The zero-order chi connectivity index (χ0) is 15.2. The molecule has 21 heavy (non-hydrogen) atoms. The summed E-state index contributed by atoms with van der Waals surface area (Å²) in [6.07, 6.45) is 1.05. The Kier molecular flexibility index (Phi) is 5.28. The molecule has 1 N–H and O–H groups in total. The van der Waals surface area contributed by atoms with E-state index < -0.39 is 0 Å². The fourth-order valence-electron chi connectivity index (χ4n) is 2.42. The maximum atomic E-state index is 12.0. The molecule has 2 rings (SSSR count). The van der Waals surface area contributed by atoms with Gasteiger partial charge < -0.3 is 5.32 Å². The minimum Gasteiger partial charge on any atom is -0.308 e. The Labute approximate surface area is 125 Å². The van der Waals surface area contributed by atoms with Crippen LogP contribution in [0.3, 0.4) is 0 Å². The summed E-state index contributed by atoms with van der Waals surface area (Å²) in [6.45, 7) is 7.60. The van der Waals surface area contributed by atoms with Gasteiger partial charge in [-0.25, -0.2) is 4.68 Å². The Morgan fingerprint density at radius 1 is 1.19 bits per heavy atom. The minimum atomic E-state index is -0.0579. The smallest absolute Gasteiger partial charge is 0.266 e. The Morgan fingerprint density at radius 3 is 2.67 bits per heavy atom. The van der Waals surface area contributed by atoms with Crippen molar-refractivity contribution in [3.05, 3.63) is 63.6 Å². The molecule has 1 heterocycles. The normalized spacial score (nSPS) is 12.3. The molecule has 1 unspecified atom stereocenters. The van der Waals surface area contributed by atoms with Crippen molar-refractivity contribution in [1.29, 1.82) is 0 Å². The van der Waals surface area contributed by atoms with E-state index in [0.29, 0.717) is 6.54 Å². The predicted molar refractivity (Wildman–Crippen MR) is 85.4 cm³/mol. The van der Waals surface area contributed by atoms with Crippen molar-refractivity contribution in [3.63, 3.8) is 0 Å². The van der Waals surface area contributed by atoms with Gasteiger partial charge in [-0.05, 0) is 44.0 Å². The molecular formula is C17H23N3O. The van der Waals surface area contributed by atoms with Gasteiger partial charge in [0.2, 0.25) is 0 Å². The highest BCUT2D eigenvalue weighted by Crippen LogP contribution is 2.18. The first-order chi connectivity index (χ1) is 10.1. The van der Waals surface area contributed by atoms with Gasteiger partial charge in [0.15, 0.2) is 0 Å². The average Bonchev–Trinajstić information content (AvgIpc) is 2.48. The van der Waals surface area contributed by atoms with Gasteiger partial charge in [0, 0.05) is 6.07 Å². The van der Waals surface area contributed by atoms with Crippen LogP contribution in [0.1, 0.15) is 36.2 Å². The fraction of sp³-hybridized carbons (Fsp3) is 0.412. The van der Waals surface area contributed by atoms with Crippen LogP contribution in [0.4, 0.5) is 0 Å². The Hall–Kier alpha value is -1.94. The van der Waals surface area contributed by atoms with Crippen molar-refractivity contribution < 1.29 is 0 Å². The standard InChI is InChI=1S/C17H23N3O/c1-4-11-18-16(15-8-6-5-7-13(15)2)12-20-17(21)10-9-14(3)19-20/h5-10,16,18H,4,11-12H2,1-3H3. The van der Waals surface area contributed by atoms with Gasteiger partial charge in [-0.3, -0.25) is 4.79 Å². The molecule has 0 aliphatic rings. The third-order valence-corrected chi connectivity index (χ3v) is 3.56. The molecule has 0 bridgehead atoms. The van der Waals surface area contributed by atoms with Crippen LogP contribution in [0, 0.1) is 13.8 Å². The van der Waals surface area contributed by atoms with Crippen LogP contribution in [0.5, 0.6) is 0 Å². The number of nitrogens with one attached hydrogen (secondary N) is 1. The molecule has 0 aliphatic heterocycles. The number of aromatic nitrogens is 2. The molecule has 0 aliphatic carbocycles. The highest BCUT2D eigenvalue weighted by Gasteiger charge is 2.14. The first-order valence-corrected chi connectivity index (χ1v) is 7.45. The van der Waals surface area contributed by atoms with E-state index in [2.05, 4.69) is 36.4 Å². The summed E-state index contributed by atoms with van der Waals surface area (Å²) in [5.41, 5.74) is 3.25. The minimum absolute atomic E-state index is 0.0579. The third-order valence-electron chi connectivity index (χ3n) is 3.56. The zero-order valence-electron chi connectivity index (χ0n) is 13.0. The van der Waals surface area contributed by atoms with Crippen LogP contribution in [0.25, 0.3) is 0 Å². The molecule has 112 valence electrons. The maximum absolute atomic E-state index is 12.0. The van der Waals surface area contributed by atoms with Crippen molar-refractivity contribution >= 4 is 0 Å². The molecule has 0 saturated carbocycles.